The molecule has 0 radical (unpaired) electrons. The molecule has 2 aromatic carbocycles. The van der Waals surface area contributed by atoms with Crippen LogP contribution < -0.4 is 31.2 Å². The van der Waals surface area contributed by atoms with Crippen LogP contribution in [0.3, 0.4) is 0 Å². The van der Waals surface area contributed by atoms with Gasteiger partial charge in [0.2, 0.25) is 10.0 Å². The largest absolute Gasteiger partial charge is 1.00 e. The number of benzene rings is 2. The highest BCUT2D eigenvalue weighted by Crippen LogP contribution is 2.30. The monoisotopic (exact) mass is 498 g/mol. The second kappa shape index (κ2) is 10.9. The molecule has 1 aromatic heterocycles. The smallest absolute Gasteiger partial charge is 0.358 e. The van der Waals surface area contributed by atoms with Crippen LogP contribution >= 0.6 is 11.8 Å². The molecule has 0 aliphatic carbocycles. The number of halogens is 1. The molecule has 0 aliphatic rings. The van der Waals surface area contributed by atoms with Gasteiger partial charge in [0.15, 0.2) is 0 Å². The number of fused-ring (bicyclic) bond motifs is 1. The van der Waals surface area contributed by atoms with E-state index in [1.165, 1.54) is 11.8 Å². The van der Waals surface area contributed by atoms with Crippen LogP contribution in [0.4, 0.5) is 5.69 Å². The molecule has 0 saturated heterocycles. The van der Waals surface area contributed by atoms with Crippen LogP contribution in [-0.2, 0) is 17.1 Å². The minimum Gasteiger partial charge on any atom is -1.00 e. The molecular weight excluding hydrogens is 472 g/mol. The molecule has 0 aliphatic heterocycles. The van der Waals surface area contributed by atoms with E-state index in [-0.39, 0.29) is 24.4 Å². The van der Waals surface area contributed by atoms with Gasteiger partial charge < -0.3 is 21.9 Å². The third-order valence-corrected chi connectivity index (χ3v) is 6.72. The summed E-state index contributed by atoms with van der Waals surface area (Å²) < 4.78 is 30.3. The highest BCUT2D eigenvalue weighted by atomic mass is 79.9. The molecule has 3 rings (SSSR count). The third kappa shape index (κ3) is 5.91. The van der Waals surface area contributed by atoms with Gasteiger partial charge in [0.1, 0.15) is 6.20 Å². The van der Waals surface area contributed by atoms with Gasteiger partial charge in [0.05, 0.1) is 18.1 Å². The van der Waals surface area contributed by atoms with Gasteiger partial charge in [-0.3, -0.25) is 0 Å². The number of sulfonamides is 1. The van der Waals surface area contributed by atoms with Crippen molar-refractivity contribution in [1.29, 1.82) is 0 Å². The molecular formula is C20H27BrN4O2S2. The number of aromatic nitrogens is 2. The lowest BCUT2D eigenvalue weighted by atomic mass is 10.1. The Morgan fingerprint density at radius 1 is 1.10 bits per heavy atom. The number of anilines is 1. The Balaban J connectivity index is 0.00000210. The zero-order valence-corrected chi connectivity index (χ0v) is 19.2. The molecule has 0 atom stereocenters. The second-order valence-electron chi connectivity index (χ2n) is 6.28. The number of aryl methyl sites for hydroxylation is 1. The fraction of sp³-hybridized carbons (Fsp3) is 0.300. The first-order valence-corrected chi connectivity index (χ1v) is 11.0. The molecule has 0 spiro atoms. The average Bonchev–Trinajstić information content (AvgIpc) is 2.65. The molecule has 0 unspecified atom stereocenters. The summed E-state index contributed by atoms with van der Waals surface area (Å²) in [6.07, 6.45) is 3.64. The predicted molar refractivity (Wildman–Crippen MR) is 116 cm³/mol. The van der Waals surface area contributed by atoms with Crippen molar-refractivity contribution in [3.05, 3.63) is 54.9 Å². The Bertz CT molecular complexity index is 1060. The third-order valence-electron chi connectivity index (χ3n) is 4.14. The van der Waals surface area contributed by atoms with Gasteiger partial charge in [0, 0.05) is 48.9 Å². The summed E-state index contributed by atoms with van der Waals surface area (Å²) in [6, 6.07) is 12.9. The van der Waals surface area contributed by atoms with Crippen LogP contribution in [0.15, 0.2) is 64.9 Å². The van der Waals surface area contributed by atoms with Gasteiger partial charge in [-0.05, 0) is 28.9 Å². The van der Waals surface area contributed by atoms with E-state index >= 15 is 0 Å². The highest BCUT2D eigenvalue weighted by Gasteiger charge is 2.18. The van der Waals surface area contributed by atoms with E-state index in [9.17, 15) is 8.42 Å². The zero-order chi connectivity index (χ0) is 19.4. The normalized spacial score (nSPS) is 10.9. The summed E-state index contributed by atoms with van der Waals surface area (Å²) >= 11 is 1.51. The van der Waals surface area contributed by atoms with Gasteiger partial charge in [-0.1, -0.05) is 31.7 Å². The number of rotatable bonds is 7. The maximum atomic E-state index is 12.9. The van der Waals surface area contributed by atoms with Crippen molar-refractivity contribution in [3.63, 3.8) is 0 Å². The lowest BCUT2D eigenvalue weighted by Gasteiger charge is -2.17. The van der Waals surface area contributed by atoms with Gasteiger partial charge in [0.25, 0.3) is 0 Å². The van der Waals surface area contributed by atoms with Gasteiger partial charge in [-0.25, -0.2) is 17.7 Å². The van der Waals surface area contributed by atoms with E-state index in [1.807, 2.05) is 67.1 Å². The minimum atomic E-state index is -3.60. The fourth-order valence-corrected chi connectivity index (χ4v) is 5.02. The van der Waals surface area contributed by atoms with E-state index < -0.39 is 10.0 Å². The molecule has 6 nitrogen and oxygen atoms in total. The van der Waals surface area contributed by atoms with Gasteiger partial charge >= 0.3 is 5.16 Å². The Labute approximate surface area is 188 Å². The van der Waals surface area contributed by atoms with Crippen LogP contribution in [0.25, 0.3) is 10.8 Å². The first-order chi connectivity index (χ1) is 12.9. The molecule has 0 saturated carbocycles. The Morgan fingerprint density at radius 3 is 2.48 bits per heavy atom. The van der Waals surface area contributed by atoms with Crippen LogP contribution in [0.1, 0.15) is 7.43 Å². The SMILES string of the molecule is C.CN(C)c1cccc2c(S(=O)(=O)NCCSc3nccc[n+]3C)cccc12.[Br-]. The molecule has 1 N–H and O–H groups in total. The Hall–Kier alpha value is -1.68. The standard InChI is InChI=1S/C19H23N4O2S2.CH4.BrH/c1-22(2)17-9-4-8-16-15(17)7-5-10-18(16)27(24,25)21-12-14-26-19-20-11-6-13-23(19)3;;/h4-11,13,21H,12,14H2,1-3H3;1H4;1H/q+1;;/p-1. The van der Waals surface area contributed by atoms with Crippen LogP contribution in [0.5, 0.6) is 0 Å². The molecule has 0 amide bonds. The highest BCUT2D eigenvalue weighted by molar-refractivity contribution is 7.99. The average molecular weight is 500 g/mol. The van der Waals surface area contributed by atoms with Crippen molar-refractivity contribution in [1.82, 2.24) is 9.71 Å². The van der Waals surface area contributed by atoms with Crippen LogP contribution in [0, 0.1) is 0 Å². The maximum absolute atomic E-state index is 12.9. The summed E-state index contributed by atoms with van der Waals surface area (Å²) in [4.78, 5) is 6.57. The summed E-state index contributed by atoms with van der Waals surface area (Å²) in [5, 5.41) is 2.48. The molecule has 1 heterocycles. The number of nitrogens with zero attached hydrogens (tertiary/aromatic N) is 3. The molecule has 9 heteroatoms. The first kappa shape index (κ1) is 25.4. The van der Waals surface area contributed by atoms with Crippen molar-refractivity contribution >= 4 is 38.2 Å². The predicted octanol–water partition coefficient (Wildman–Crippen LogP) is -0.164. The second-order valence-corrected chi connectivity index (χ2v) is 9.08. The maximum Gasteiger partial charge on any atom is 0.358 e. The zero-order valence-electron chi connectivity index (χ0n) is 16.0. The fourth-order valence-electron chi connectivity index (χ4n) is 2.85. The van der Waals surface area contributed by atoms with E-state index in [0.29, 0.717) is 17.2 Å². The van der Waals surface area contributed by atoms with E-state index in [1.54, 1.807) is 18.3 Å². The molecule has 0 bridgehead atoms. The number of hydrogen-bond donors (Lipinski definition) is 1. The summed E-state index contributed by atoms with van der Waals surface area (Å²) in [5.74, 6) is 0.595. The molecule has 0 fully saturated rings. The van der Waals surface area contributed by atoms with Gasteiger partial charge in [-0.2, -0.15) is 0 Å². The lowest BCUT2D eigenvalue weighted by Crippen LogP contribution is -3.00. The molecule has 158 valence electrons. The van der Waals surface area contributed by atoms with E-state index in [0.717, 1.165) is 21.6 Å². The number of nitrogens with one attached hydrogen (secondary N) is 1. The summed E-state index contributed by atoms with van der Waals surface area (Å²) in [5.41, 5.74) is 0.989. The lowest BCUT2D eigenvalue weighted by molar-refractivity contribution is -0.713. The van der Waals surface area contributed by atoms with Crippen molar-refractivity contribution in [3.8, 4) is 0 Å². The molecule has 29 heavy (non-hydrogen) atoms. The number of hydrogen-bond acceptors (Lipinski definition) is 5. The Kier molecular flexibility index (Phi) is 9.54. The summed E-state index contributed by atoms with van der Waals surface area (Å²) in [7, 11) is 2.21. The quantitative estimate of drug-likeness (QED) is 0.212. The Morgan fingerprint density at radius 2 is 1.79 bits per heavy atom. The van der Waals surface area contributed by atoms with Crippen molar-refractivity contribution in [2.45, 2.75) is 17.5 Å². The topological polar surface area (TPSA) is 66.2 Å². The van der Waals surface area contributed by atoms with Crippen molar-refractivity contribution in [2.24, 2.45) is 7.05 Å². The van der Waals surface area contributed by atoms with Gasteiger partial charge in [-0.15, -0.1) is 0 Å². The van der Waals surface area contributed by atoms with E-state index in [4.69, 9.17) is 0 Å². The summed E-state index contributed by atoms with van der Waals surface area (Å²) in [6.45, 7) is 0.327. The van der Waals surface area contributed by atoms with Crippen molar-refractivity contribution < 1.29 is 30.0 Å². The number of thioether (sulfide) groups is 1. The minimum absolute atomic E-state index is 0. The van der Waals surface area contributed by atoms with Crippen LogP contribution in [0.2, 0.25) is 0 Å². The van der Waals surface area contributed by atoms with Crippen LogP contribution in [-0.4, -0.2) is 39.8 Å². The molecule has 3 aromatic rings. The van der Waals surface area contributed by atoms with E-state index in [2.05, 4.69) is 9.71 Å². The first-order valence-electron chi connectivity index (χ1n) is 8.52. The van der Waals surface area contributed by atoms with Crippen molar-refractivity contribution in [2.75, 3.05) is 31.3 Å².